The number of likely N-dealkylation sites (tertiary alicyclic amines) is 1. The lowest BCUT2D eigenvalue weighted by Crippen LogP contribution is -2.36. The van der Waals surface area contributed by atoms with E-state index in [1.54, 1.807) is 14.0 Å². The zero-order valence-corrected chi connectivity index (χ0v) is 18.4. The Hall–Kier alpha value is -3.16. The summed E-state index contributed by atoms with van der Waals surface area (Å²) in [5.74, 6) is 2.37. The minimum Gasteiger partial charge on any atom is -0.497 e. The molecule has 1 saturated heterocycles. The lowest BCUT2D eigenvalue weighted by molar-refractivity contribution is -0.132. The third-order valence-electron chi connectivity index (χ3n) is 6.15. The summed E-state index contributed by atoms with van der Waals surface area (Å²) in [6.07, 6.45) is 2.84. The molecular weight excluding hydrogens is 394 g/mol. The number of ether oxygens (including phenoxy) is 1. The molecule has 1 aromatic carbocycles. The molecule has 4 rings (SSSR count). The number of carbonyl (C=O) groups is 2. The van der Waals surface area contributed by atoms with Crippen LogP contribution in [-0.4, -0.2) is 58.8 Å². The lowest BCUT2D eigenvalue weighted by Gasteiger charge is -2.30. The highest BCUT2D eigenvalue weighted by Gasteiger charge is 2.34. The van der Waals surface area contributed by atoms with Crippen LogP contribution in [0.3, 0.4) is 0 Å². The zero-order chi connectivity index (χ0) is 22.0. The van der Waals surface area contributed by atoms with Gasteiger partial charge in [-0.25, -0.2) is 9.97 Å². The highest BCUT2D eigenvalue weighted by molar-refractivity contribution is 5.79. The van der Waals surface area contributed by atoms with Crippen LogP contribution >= 0.6 is 0 Å². The molecule has 0 saturated carbocycles. The number of carbonyl (C=O) groups excluding carboxylic acids is 2. The average Bonchev–Trinajstić information content (AvgIpc) is 3.28. The van der Waals surface area contributed by atoms with Crippen molar-refractivity contribution in [3.05, 3.63) is 46.9 Å². The Morgan fingerprint density at radius 3 is 2.65 bits per heavy atom. The van der Waals surface area contributed by atoms with Crippen molar-refractivity contribution in [1.29, 1.82) is 0 Å². The number of aromatic nitrogens is 2. The van der Waals surface area contributed by atoms with Crippen LogP contribution in [0.2, 0.25) is 0 Å². The van der Waals surface area contributed by atoms with Gasteiger partial charge in [0.2, 0.25) is 11.8 Å². The monoisotopic (exact) mass is 423 g/mol. The van der Waals surface area contributed by atoms with Crippen LogP contribution in [0.25, 0.3) is 0 Å². The molecule has 0 radical (unpaired) electrons. The van der Waals surface area contributed by atoms with E-state index in [1.165, 1.54) is 0 Å². The van der Waals surface area contributed by atoms with E-state index in [-0.39, 0.29) is 17.9 Å². The molecule has 0 aliphatic carbocycles. The fraction of sp³-hybridized carbons (Fsp3) is 0.478. The number of hydrogen-bond donors (Lipinski definition) is 1. The van der Waals surface area contributed by atoms with Gasteiger partial charge < -0.3 is 19.9 Å². The Morgan fingerprint density at radius 2 is 1.97 bits per heavy atom. The number of methoxy groups -OCH3 is 1. The van der Waals surface area contributed by atoms with Gasteiger partial charge in [-0.2, -0.15) is 0 Å². The van der Waals surface area contributed by atoms with Gasteiger partial charge in [0, 0.05) is 39.0 Å². The molecule has 2 aliphatic heterocycles. The van der Waals surface area contributed by atoms with Gasteiger partial charge in [0.15, 0.2) is 5.82 Å². The third kappa shape index (κ3) is 4.33. The number of nitrogens with zero attached hydrogens (tertiary/aromatic N) is 4. The van der Waals surface area contributed by atoms with Crippen LogP contribution in [0.5, 0.6) is 5.75 Å². The summed E-state index contributed by atoms with van der Waals surface area (Å²) in [7, 11) is 3.46. The summed E-state index contributed by atoms with van der Waals surface area (Å²) in [6, 6.07) is 7.49. The lowest BCUT2D eigenvalue weighted by atomic mass is 10.0. The van der Waals surface area contributed by atoms with E-state index in [0.29, 0.717) is 38.3 Å². The van der Waals surface area contributed by atoms with Crippen molar-refractivity contribution >= 4 is 17.6 Å². The molecule has 8 heteroatoms. The van der Waals surface area contributed by atoms with Gasteiger partial charge in [0.1, 0.15) is 11.6 Å². The number of nitrogens with one attached hydrogen (secondary N) is 1. The van der Waals surface area contributed by atoms with Crippen molar-refractivity contribution < 1.29 is 14.3 Å². The second kappa shape index (κ2) is 8.91. The molecule has 31 heavy (non-hydrogen) atoms. The second-order valence-electron chi connectivity index (χ2n) is 8.07. The first-order chi connectivity index (χ1) is 15.0. The van der Waals surface area contributed by atoms with Crippen LogP contribution in [0, 0.1) is 0 Å². The highest BCUT2D eigenvalue weighted by Crippen LogP contribution is 2.33. The van der Waals surface area contributed by atoms with Gasteiger partial charge in [0.05, 0.1) is 31.8 Å². The van der Waals surface area contributed by atoms with Crippen molar-refractivity contribution in [3.63, 3.8) is 0 Å². The maximum atomic E-state index is 13.1. The molecule has 0 unspecified atom stereocenters. The van der Waals surface area contributed by atoms with E-state index in [1.807, 2.05) is 41.1 Å². The van der Waals surface area contributed by atoms with E-state index in [4.69, 9.17) is 14.7 Å². The molecule has 0 bridgehead atoms. The van der Waals surface area contributed by atoms with Gasteiger partial charge in [0.25, 0.3) is 0 Å². The molecule has 1 atom stereocenters. The van der Waals surface area contributed by atoms with Gasteiger partial charge in [-0.05, 0) is 30.5 Å². The number of amides is 2. The first-order valence-corrected chi connectivity index (χ1v) is 10.8. The van der Waals surface area contributed by atoms with Gasteiger partial charge in [-0.15, -0.1) is 0 Å². The Morgan fingerprint density at radius 1 is 1.19 bits per heavy atom. The number of benzene rings is 1. The molecule has 1 fully saturated rings. The summed E-state index contributed by atoms with van der Waals surface area (Å²) < 4.78 is 5.20. The fourth-order valence-corrected chi connectivity index (χ4v) is 4.41. The number of hydrogen-bond acceptors (Lipinski definition) is 6. The summed E-state index contributed by atoms with van der Waals surface area (Å²) in [5.41, 5.74) is 2.91. The maximum absolute atomic E-state index is 13.1. The van der Waals surface area contributed by atoms with E-state index < -0.39 is 0 Å². The quantitative estimate of drug-likeness (QED) is 0.794. The van der Waals surface area contributed by atoms with Crippen molar-refractivity contribution in [1.82, 2.24) is 19.8 Å². The van der Waals surface area contributed by atoms with Crippen molar-refractivity contribution in [2.75, 3.05) is 32.6 Å². The summed E-state index contributed by atoms with van der Waals surface area (Å²) in [5, 5.41) is 3.17. The number of rotatable bonds is 5. The Labute approximate surface area is 182 Å². The predicted molar refractivity (Wildman–Crippen MR) is 117 cm³/mol. The van der Waals surface area contributed by atoms with Crippen molar-refractivity contribution in [2.24, 2.45) is 0 Å². The largest absolute Gasteiger partial charge is 0.497 e. The highest BCUT2D eigenvalue weighted by atomic mass is 16.5. The summed E-state index contributed by atoms with van der Waals surface area (Å²) in [6.45, 7) is 3.48. The van der Waals surface area contributed by atoms with E-state index >= 15 is 0 Å². The minimum atomic E-state index is -0.117. The Kier molecular flexibility index (Phi) is 6.06. The van der Waals surface area contributed by atoms with E-state index in [9.17, 15) is 9.59 Å². The molecule has 0 spiro atoms. The topological polar surface area (TPSA) is 87.7 Å². The van der Waals surface area contributed by atoms with Crippen LogP contribution < -0.4 is 10.1 Å². The zero-order valence-electron chi connectivity index (χ0n) is 18.4. The minimum absolute atomic E-state index is 0.0582. The fourth-order valence-electron chi connectivity index (χ4n) is 4.41. The predicted octanol–water partition coefficient (Wildman–Crippen LogP) is 2.34. The summed E-state index contributed by atoms with van der Waals surface area (Å²) in [4.78, 5) is 38.3. The molecule has 1 aromatic heterocycles. The first kappa shape index (κ1) is 21.1. The smallest absolute Gasteiger partial charge is 0.227 e. The van der Waals surface area contributed by atoms with Gasteiger partial charge in [-0.1, -0.05) is 12.1 Å². The normalized spacial score (nSPS) is 18.0. The van der Waals surface area contributed by atoms with Crippen LogP contribution in [0.15, 0.2) is 24.3 Å². The van der Waals surface area contributed by atoms with Gasteiger partial charge in [-0.3, -0.25) is 9.59 Å². The molecular formula is C23H29N5O3. The Bertz CT molecular complexity index is 959. The van der Waals surface area contributed by atoms with E-state index in [0.717, 1.165) is 41.2 Å². The van der Waals surface area contributed by atoms with E-state index in [2.05, 4.69) is 5.32 Å². The third-order valence-corrected chi connectivity index (χ3v) is 6.15. The summed E-state index contributed by atoms with van der Waals surface area (Å²) >= 11 is 0. The number of fused-ring (bicyclic) bond motifs is 1. The number of anilines is 1. The van der Waals surface area contributed by atoms with Crippen LogP contribution in [-0.2, 0) is 29.0 Å². The van der Waals surface area contributed by atoms with Crippen molar-refractivity contribution in [2.45, 2.75) is 45.2 Å². The molecule has 2 aliphatic rings. The molecule has 3 heterocycles. The standard InChI is InChI=1S/C23H29N5O3/c1-15(29)27-12-10-19-18(14-27)22(24-2)26-23(25-19)20-5-4-11-28(20)21(30)13-16-6-8-17(31-3)9-7-16/h6-9,20H,4-5,10-14H2,1-3H3,(H,24,25,26)/t20-/m0/s1. The maximum Gasteiger partial charge on any atom is 0.227 e. The van der Waals surface area contributed by atoms with Crippen molar-refractivity contribution in [3.8, 4) is 5.75 Å². The average molecular weight is 424 g/mol. The molecule has 1 N–H and O–H groups in total. The molecule has 2 amide bonds. The Balaban J connectivity index is 1.55. The molecule has 164 valence electrons. The second-order valence-corrected chi connectivity index (χ2v) is 8.07. The molecule has 8 nitrogen and oxygen atoms in total. The van der Waals surface area contributed by atoms with Crippen LogP contribution in [0.1, 0.15) is 48.5 Å². The van der Waals surface area contributed by atoms with Crippen LogP contribution in [0.4, 0.5) is 5.82 Å². The SMILES string of the molecule is CNc1nc([C@@H]2CCCN2C(=O)Cc2ccc(OC)cc2)nc2c1CN(C(C)=O)CC2. The molecule has 2 aromatic rings. The first-order valence-electron chi connectivity index (χ1n) is 10.8. The van der Waals surface area contributed by atoms with Gasteiger partial charge >= 0.3 is 0 Å².